The van der Waals surface area contributed by atoms with Crippen molar-refractivity contribution in [3.8, 4) is 12.0 Å². The van der Waals surface area contributed by atoms with Crippen molar-refractivity contribution in [1.82, 2.24) is 24.5 Å². The Balaban J connectivity index is 1.89. The maximum absolute atomic E-state index is 5.80. The largest absolute Gasteiger partial charge is 0.455 e. The minimum Gasteiger partial charge on any atom is -0.455 e. The summed E-state index contributed by atoms with van der Waals surface area (Å²) in [6, 6.07) is 0.196. The van der Waals surface area contributed by atoms with E-state index in [4.69, 9.17) is 21.1 Å². The van der Waals surface area contributed by atoms with Gasteiger partial charge >= 0.3 is 6.01 Å². The summed E-state index contributed by atoms with van der Waals surface area (Å²) in [5, 5.41) is 0.0824. The molecule has 0 aliphatic carbocycles. The van der Waals surface area contributed by atoms with Crippen molar-refractivity contribution in [3.63, 3.8) is 0 Å². The van der Waals surface area contributed by atoms with Gasteiger partial charge in [0.05, 0.1) is 13.2 Å². The molecule has 1 aliphatic rings. The fraction of sp³-hybridized carbons (Fsp3) is 0.333. The van der Waals surface area contributed by atoms with Crippen molar-refractivity contribution in [2.24, 2.45) is 0 Å². The standard InChI is InChI=1S/C9H8ClN5O2/c10-7-12-8(15-2-1-11-5-15)14-9(13-7)17-6-3-16-4-6/h1-2,5-6H,3-4H2. The topological polar surface area (TPSA) is 75.0 Å². The lowest BCUT2D eigenvalue weighted by molar-refractivity contribution is -0.0832. The maximum Gasteiger partial charge on any atom is 0.323 e. The molecule has 88 valence electrons. The van der Waals surface area contributed by atoms with E-state index in [1.54, 1.807) is 23.3 Å². The SMILES string of the molecule is Clc1nc(OC2COC2)nc(-n2ccnc2)n1. The third-order valence-corrected chi connectivity index (χ3v) is 2.36. The van der Waals surface area contributed by atoms with Crippen molar-refractivity contribution in [2.75, 3.05) is 13.2 Å². The Kier molecular flexibility index (Phi) is 2.62. The maximum atomic E-state index is 5.80. The van der Waals surface area contributed by atoms with Gasteiger partial charge in [0.25, 0.3) is 0 Å². The Morgan fingerprint density at radius 3 is 2.88 bits per heavy atom. The molecule has 3 rings (SSSR count). The molecule has 0 unspecified atom stereocenters. The minimum absolute atomic E-state index is 0.0101. The molecule has 0 bridgehead atoms. The van der Waals surface area contributed by atoms with Gasteiger partial charge in [0, 0.05) is 12.4 Å². The zero-order chi connectivity index (χ0) is 11.7. The van der Waals surface area contributed by atoms with Crippen LogP contribution in [0.15, 0.2) is 18.7 Å². The zero-order valence-electron chi connectivity index (χ0n) is 8.65. The zero-order valence-corrected chi connectivity index (χ0v) is 9.41. The highest BCUT2D eigenvalue weighted by Crippen LogP contribution is 2.14. The molecule has 0 saturated carbocycles. The smallest absolute Gasteiger partial charge is 0.323 e. The second-order valence-corrected chi connectivity index (χ2v) is 3.77. The summed E-state index contributed by atoms with van der Waals surface area (Å²) >= 11 is 5.80. The molecule has 0 aromatic carbocycles. The van der Waals surface area contributed by atoms with Crippen LogP contribution >= 0.6 is 11.6 Å². The molecule has 2 aromatic rings. The molecule has 0 radical (unpaired) electrons. The first kappa shape index (κ1) is 10.4. The molecule has 8 heteroatoms. The van der Waals surface area contributed by atoms with Gasteiger partial charge in [-0.25, -0.2) is 4.98 Å². The highest BCUT2D eigenvalue weighted by molar-refractivity contribution is 6.28. The normalized spacial score (nSPS) is 15.6. The lowest BCUT2D eigenvalue weighted by atomic mass is 10.3. The summed E-state index contributed by atoms with van der Waals surface area (Å²) in [5.41, 5.74) is 0. The van der Waals surface area contributed by atoms with E-state index in [1.165, 1.54) is 0 Å². The summed E-state index contributed by atoms with van der Waals surface area (Å²) in [6.07, 6.45) is 4.89. The second kappa shape index (κ2) is 4.27. The highest BCUT2D eigenvalue weighted by atomic mass is 35.5. The van der Waals surface area contributed by atoms with Gasteiger partial charge in [-0.15, -0.1) is 0 Å². The number of aromatic nitrogens is 5. The number of imidazole rings is 1. The minimum atomic E-state index is -0.0101. The third kappa shape index (κ3) is 2.20. The van der Waals surface area contributed by atoms with E-state index in [2.05, 4.69) is 19.9 Å². The van der Waals surface area contributed by atoms with Crippen molar-refractivity contribution < 1.29 is 9.47 Å². The predicted octanol–water partition coefficient (Wildman–Crippen LogP) is 0.488. The van der Waals surface area contributed by atoms with E-state index >= 15 is 0 Å². The molecule has 1 aliphatic heterocycles. The van der Waals surface area contributed by atoms with Crippen LogP contribution in [0.1, 0.15) is 0 Å². The van der Waals surface area contributed by atoms with E-state index in [0.717, 1.165) is 0 Å². The lowest BCUT2D eigenvalue weighted by Gasteiger charge is -2.25. The van der Waals surface area contributed by atoms with Crippen LogP contribution in [0, 0.1) is 0 Å². The summed E-state index contributed by atoms with van der Waals surface area (Å²) in [7, 11) is 0. The molecule has 1 saturated heterocycles. The molecule has 0 amide bonds. The number of rotatable bonds is 3. The number of nitrogens with zero attached hydrogens (tertiary/aromatic N) is 5. The summed E-state index contributed by atoms with van der Waals surface area (Å²) in [5.74, 6) is 0.373. The van der Waals surface area contributed by atoms with Crippen LogP contribution < -0.4 is 4.74 Å². The van der Waals surface area contributed by atoms with Crippen LogP contribution in [0.3, 0.4) is 0 Å². The molecule has 0 N–H and O–H groups in total. The van der Waals surface area contributed by atoms with Crippen molar-refractivity contribution in [3.05, 3.63) is 24.0 Å². The van der Waals surface area contributed by atoms with Gasteiger partial charge in [0.2, 0.25) is 11.2 Å². The fourth-order valence-electron chi connectivity index (χ4n) is 1.30. The first-order chi connectivity index (χ1) is 8.31. The van der Waals surface area contributed by atoms with Crippen molar-refractivity contribution >= 4 is 11.6 Å². The number of ether oxygens (including phenoxy) is 2. The molecule has 7 nitrogen and oxygen atoms in total. The highest BCUT2D eigenvalue weighted by Gasteiger charge is 2.22. The van der Waals surface area contributed by atoms with Gasteiger partial charge in [-0.3, -0.25) is 4.57 Å². The van der Waals surface area contributed by atoms with Gasteiger partial charge in [-0.2, -0.15) is 15.0 Å². The Bertz CT molecular complexity index is 514. The fourth-order valence-corrected chi connectivity index (χ4v) is 1.45. The van der Waals surface area contributed by atoms with Crippen LogP contribution in [0.25, 0.3) is 5.95 Å². The van der Waals surface area contributed by atoms with Crippen LogP contribution in [-0.2, 0) is 4.74 Å². The molecular formula is C9H8ClN5O2. The Labute approximate surface area is 101 Å². The van der Waals surface area contributed by atoms with E-state index < -0.39 is 0 Å². The van der Waals surface area contributed by atoms with Crippen molar-refractivity contribution in [2.45, 2.75) is 6.10 Å². The number of hydrogen-bond acceptors (Lipinski definition) is 6. The van der Waals surface area contributed by atoms with Crippen LogP contribution in [0.4, 0.5) is 0 Å². The molecule has 17 heavy (non-hydrogen) atoms. The third-order valence-electron chi connectivity index (χ3n) is 2.19. The first-order valence-electron chi connectivity index (χ1n) is 4.95. The molecule has 0 atom stereocenters. The molecule has 0 spiro atoms. The predicted molar refractivity (Wildman–Crippen MR) is 57.2 cm³/mol. The average molecular weight is 254 g/mol. The molecule has 1 fully saturated rings. The van der Waals surface area contributed by atoms with Gasteiger partial charge < -0.3 is 9.47 Å². The van der Waals surface area contributed by atoms with E-state index in [0.29, 0.717) is 19.2 Å². The van der Waals surface area contributed by atoms with Gasteiger partial charge in [0.1, 0.15) is 12.4 Å². The average Bonchev–Trinajstić information content (AvgIpc) is 2.76. The Morgan fingerprint density at radius 2 is 2.24 bits per heavy atom. The number of hydrogen-bond donors (Lipinski definition) is 0. The van der Waals surface area contributed by atoms with E-state index in [-0.39, 0.29) is 17.4 Å². The first-order valence-corrected chi connectivity index (χ1v) is 5.33. The van der Waals surface area contributed by atoms with Crippen molar-refractivity contribution in [1.29, 1.82) is 0 Å². The quantitative estimate of drug-likeness (QED) is 0.792. The van der Waals surface area contributed by atoms with Crippen LogP contribution in [-0.4, -0.2) is 43.8 Å². The molecule has 3 heterocycles. The molecular weight excluding hydrogens is 246 g/mol. The number of halogens is 1. The van der Waals surface area contributed by atoms with Gasteiger partial charge in [-0.05, 0) is 11.6 Å². The molecule has 2 aromatic heterocycles. The van der Waals surface area contributed by atoms with E-state index in [1.807, 2.05) is 0 Å². The van der Waals surface area contributed by atoms with E-state index in [9.17, 15) is 0 Å². The summed E-state index contributed by atoms with van der Waals surface area (Å²) < 4.78 is 12.1. The van der Waals surface area contributed by atoms with Gasteiger partial charge in [0.15, 0.2) is 0 Å². The van der Waals surface area contributed by atoms with Gasteiger partial charge in [-0.1, -0.05) is 0 Å². The summed E-state index contributed by atoms with van der Waals surface area (Å²) in [4.78, 5) is 15.9. The second-order valence-electron chi connectivity index (χ2n) is 3.43. The van der Waals surface area contributed by atoms with Crippen LogP contribution in [0.5, 0.6) is 6.01 Å². The van der Waals surface area contributed by atoms with Crippen LogP contribution in [0.2, 0.25) is 5.28 Å². The Hall–Kier alpha value is -1.73. The lowest BCUT2D eigenvalue weighted by Crippen LogP contribution is -2.39. The monoisotopic (exact) mass is 253 g/mol. The Morgan fingerprint density at radius 1 is 1.35 bits per heavy atom. The summed E-state index contributed by atoms with van der Waals surface area (Å²) in [6.45, 7) is 1.09.